The van der Waals surface area contributed by atoms with Crippen LogP contribution in [0.25, 0.3) is 0 Å². The van der Waals surface area contributed by atoms with Gasteiger partial charge in [-0.1, -0.05) is 12.1 Å². The van der Waals surface area contributed by atoms with Gasteiger partial charge >= 0.3 is 0 Å². The molecular weight excluding hydrogens is 410 g/mol. The Morgan fingerprint density at radius 1 is 1.26 bits per heavy atom. The number of rotatable bonds is 6. The molecule has 6 nitrogen and oxygen atoms in total. The van der Waals surface area contributed by atoms with Crippen LogP contribution in [0.15, 0.2) is 46.9 Å². The quantitative estimate of drug-likeness (QED) is 0.761. The molecule has 2 amide bonds. The van der Waals surface area contributed by atoms with Crippen molar-refractivity contribution in [1.29, 1.82) is 0 Å². The highest BCUT2D eigenvalue weighted by atomic mass is 79.9. The predicted octanol–water partition coefficient (Wildman–Crippen LogP) is 3.38. The number of nitrogens with one attached hydrogen (secondary N) is 1. The van der Waals surface area contributed by atoms with Crippen LogP contribution >= 0.6 is 15.9 Å². The van der Waals surface area contributed by atoms with Crippen molar-refractivity contribution in [1.82, 2.24) is 4.90 Å². The zero-order valence-corrected chi connectivity index (χ0v) is 17.0. The molecule has 0 aromatic heterocycles. The SMILES string of the molecule is CN(C)CCCN1C(=O)COc2ccc(NC(=O)c3ccccc3Br)cc21. The van der Waals surface area contributed by atoms with Crippen molar-refractivity contribution in [3.63, 3.8) is 0 Å². The highest BCUT2D eigenvalue weighted by Gasteiger charge is 2.25. The van der Waals surface area contributed by atoms with E-state index >= 15 is 0 Å². The molecule has 0 unspecified atom stereocenters. The standard InChI is InChI=1S/C20H22BrN3O3/c1-23(2)10-5-11-24-17-12-14(8-9-18(17)27-13-19(24)25)22-20(26)15-6-3-4-7-16(15)21/h3-4,6-9,12H,5,10-11,13H2,1-2H3,(H,22,26). The number of hydrogen-bond acceptors (Lipinski definition) is 4. The molecule has 7 heteroatoms. The number of amides is 2. The fourth-order valence-corrected chi connectivity index (χ4v) is 3.38. The molecule has 1 aliphatic heterocycles. The molecule has 0 aliphatic carbocycles. The van der Waals surface area contributed by atoms with E-state index in [2.05, 4.69) is 26.1 Å². The first-order valence-corrected chi connectivity index (χ1v) is 9.53. The summed E-state index contributed by atoms with van der Waals surface area (Å²) in [6, 6.07) is 12.6. The van der Waals surface area contributed by atoms with Gasteiger partial charge in [-0.15, -0.1) is 0 Å². The number of nitrogens with zero attached hydrogens (tertiary/aromatic N) is 2. The topological polar surface area (TPSA) is 61.9 Å². The molecule has 27 heavy (non-hydrogen) atoms. The molecule has 1 N–H and O–H groups in total. The third kappa shape index (κ3) is 4.67. The molecular formula is C20H22BrN3O3. The van der Waals surface area contributed by atoms with E-state index in [1.165, 1.54) is 0 Å². The molecule has 0 bridgehead atoms. The lowest BCUT2D eigenvalue weighted by molar-refractivity contribution is -0.121. The molecule has 0 atom stereocenters. The van der Waals surface area contributed by atoms with Crippen LogP contribution < -0.4 is 15.0 Å². The van der Waals surface area contributed by atoms with Crippen molar-refractivity contribution in [2.45, 2.75) is 6.42 Å². The average Bonchev–Trinajstić information content (AvgIpc) is 2.63. The van der Waals surface area contributed by atoms with Gasteiger partial charge in [0.05, 0.1) is 11.3 Å². The molecule has 3 rings (SSSR count). The number of benzene rings is 2. The zero-order valence-electron chi connectivity index (χ0n) is 15.4. The highest BCUT2D eigenvalue weighted by Crippen LogP contribution is 2.35. The number of carbonyl (C=O) groups excluding carboxylic acids is 2. The van der Waals surface area contributed by atoms with E-state index in [0.29, 0.717) is 29.2 Å². The molecule has 1 heterocycles. The number of anilines is 2. The van der Waals surface area contributed by atoms with Crippen LogP contribution in [0.5, 0.6) is 5.75 Å². The van der Waals surface area contributed by atoms with Crippen molar-refractivity contribution in [3.8, 4) is 5.75 Å². The first-order chi connectivity index (χ1) is 13.0. The minimum absolute atomic E-state index is 0.0393. The lowest BCUT2D eigenvalue weighted by Gasteiger charge is -2.30. The van der Waals surface area contributed by atoms with Gasteiger partial charge in [-0.05, 0) is 73.3 Å². The van der Waals surface area contributed by atoms with Gasteiger partial charge in [0.2, 0.25) is 0 Å². The van der Waals surface area contributed by atoms with Gasteiger partial charge in [0, 0.05) is 16.7 Å². The van der Waals surface area contributed by atoms with E-state index in [4.69, 9.17) is 4.74 Å². The zero-order chi connectivity index (χ0) is 19.4. The Hall–Kier alpha value is -2.38. The minimum Gasteiger partial charge on any atom is -0.482 e. The van der Waals surface area contributed by atoms with Gasteiger partial charge in [-0.25, -0.2) is 0 Å². The van der Waals surface area contributed by atoms with Crippen LogP contribution in [0.4, 0.5) is 11.4 Å². The summed E-state index contributed by atoms with van der Waals surface area (Å²) in [6.45, 7) is 1.53. The molecule has 1 aliphatic rings. The van der Waals surface area contributed by atoms with Crippen molar-refractivity contribution < 1.29 is 14.3 Å². The maximum Gasteiger partial charge on any atom is 0.265 e. The molecule has 2 aromatic rings. The van der Waals surface area contributed by atoms with E-state index < -0.39 is 0 Å². The molecule has 0 saturated heterocycles. The summed E-state index contributed by atoms with van der Waals surface area (Å²) in [5.74, 6) is 0.360. The Bertz CT molecular complexity index is 854. The number of fused-ring (bicyclic) bond motifs is 1. The van der Waals surface area contributed by atoms with Crippen LogP contribution in [0.1, 0.15) is 16.8 Å². The highest BCUT2D eigenvalue weighted by molar-refractivity contribution is 9.10. The summed E-state index contributed by atoms with van der Waals surface area (Å²) in [4.78, 5) is 28.7. The van der Waals surface area contributed by atoms with Crippen molar-refractivity contribution in [2.24, 2.45) is 0 Å². The fraction of sp³-hybridized carbons (Fsp3) is 0.300. The van der Waals surface area contributed by atoms with Gasteiger partial charge in [-0.3, -0.25) is 9.59 Å². The average molecular weight is 432 g/mol. The lowest BCUT2D eigenvalue weighted by Crippen LogP contribution is -2.40. The van der Waals surface area contributed by atoms with Crippen LogP contribution in [0.3, 0.4) is 0 Å². The van der Waals surface area contributed by atoms with E-state index in [9.17, 15) is 9.59 Å². The smallest absolute Gasteiger partial charge is 0.265 e. The summed E-state index contributed by atoms with van der Waals surface area (Å²) in [5.41, 5.74) is 1.85. The normalized spacial score (nSPS) is 13.3. The second kappa shape index (κ2) is 8.54. The summed E-state index contributed by atoms with van der Waals surface area (Å²) >= 11 is 3.39. The molecule has 0 saturated carbocycles. The number of halogens is 1. The predicted molar refractivity (Wildman–Crippen MR) is 110 cm³/mol. The second-order valence-electron chi connectivity index (χ2n) is 6.61. The van der Waals surface area contributed by atoms with Crippen molar-refractivity contribution >= 4 is 39.1 Å². The Kier molecular flexibility index (Phi) is 6.13. The maximum absolute atomic E-state index is 12.5. The monoisotopic (exact) mass is 431 g/mol. The summed E-state index contributed by atoms with van der Waals surface area (Å²) in [5, 5.41) is 2.89. The molecule has 2 aromatic carbocycles. The minimum atomic E-state index is -0.218. The van der Waals surface area contributed by atoms with Crippen LogP contribution in [-0.4, -0.2) is 50.5 Å². The number of ether oxygens (including phenoxy) is 1. The Morgan fingerprint density at radius 2 is 2.04 bits per heavy atom. The molecule has 0 spiro atoms. The molecule has 0 fully saturated rings. The largest absolute Gasteiger partial charge is 0.482 e. The van der Waals surface area contributed by atoms with E-state index in [1.54, 1.807) is 29.2 Å². The molecule has 142 valence electrons. The first kappa shape index (κ1) is 19.4. The van der Waals surface area contributed by atoms with Gasteiger partial charge in [0.1, 0.15) is 5.75 Å². The number of carbonyl (C=O) groups is 2. The van der Waals surface area contributed by atoms with Crippen molar-refractivity contribution in [2.75, 3.05) is 44.0 Å². The van der Waals surface area contributed by atoms with E-state index in [1.807, 2.05) is 32.3 Å². The first-order valence-electron chi connectivity index (χ1n) is 8.73. The summed E-state index contributed by atoms with van der Waals surface area (Å²) in [6.07, 6.45) is 0.853. The van der Waals surface area contributed by atoms with Crippen LogP contribution in [0, 0.1) is 0 Å². The maximum atomic E-state index is 12.5. The Balaban J connectivity index is 1.79. The van der Waals surface area contributed by atoms with Crippen LogP contribution in [-0.2, 0) is 4.79 Å². The van der Waals surface area contributed by atoms with Gasteiger partial charge in [0.15, 0.2) is 6.61 Å². The van der Waals surface area contributed by atoms with Crippen molar-refractivity contribution in [3.05, 3.63) is 52.5 Å². The summed E-state index contributed by atoms with van der Waals surface area (Å²) < 4.78 is 6.26. The van der Waals surface area contributed by atoms with Gasteiger partial charge < -0.3 is 19.9 Å². The third-order valence-corrected chi connectivity index (χ3v) is 4.96. The van der Waals surface area contributed by atoms with E-state index in [0.717, 1.165) is 17.4 Å². The Labute approximate surface area is 167 Å². The van der Waals surface area contributed by atoms with Gasteiger partial charge in [-0.2, -0.15) is 0 Å². The van der Waals surface area contributed by atoms with Crippen LogP contribution in [0.2, 0.25) is 0 Å². The van der Waals surface area contributed by atoms with Gasteiger partial charge in [0.25, 0.3) is 11.8 Å². The molecule has 0 radical (unpaired) electrons. The lowest BCUT2D eigenvalue weighted by atomic mass is 10.1. The number of hydrogen-bond donors (Lipinski definition) is 1. The third-order valence-electron chi connectivity index (χ3n) is 4.27. The Morgan fingerprint density at radius 3 is 2.78 bits per heavy atom. The van der Waals surface area contributed by atoms with E-state index in [-0.39, 0.29) is 18.4 Å². The second-order valence-corrected chi connectivity index (χ2v) is 7.46. The fourth-order valence-electron chi connectivity index (χ4n) is 2.91. The summed E-state index contributed by atoms with van der Waals surface area (Å²) in [7, 11) is 4.01.